The second kappa shape index (κ2) is 6.17. The van der Waals surface area contributed by atoms with E-state index in [1.165, 1.54) is 5.56 Å². The Kier molecular flexibility index (Phi) is 5.15. The van der Waals surface area contributed by atoms with E-state index < -0.39 is 0 Å². The van der Waals surface area contributed by atoms with Gasteiger partial charge in [-0.05, 0) is 53.4 Å². The number of amides is 1. The molecular formula is C13H19BrN2O. The molecule has 0 saturated heterocycles. The average molecular weight is 299 g/mol. The molecule has 0 aliphatic heterocycles. The van der Waals surface area contributed by atoms with Gasteiger partial charge in [0.1, 0.15) is 0 Å². The van der Waals surface area contributed by atoms with Crippen LogP contribution in [0.3, 0.4) is 0 Å². The number of halogens is 1. The van der Waals surface area contributed by atoms with E-state index in [9.17, 15) is 4.79 Å². The van der Waals surface area contributed by atoms with Gasteiger partial charge in [-0.2, -0.15) is 0 Å². The quantitative estimate of drug-likeness (QED) is 0.898. The molecule has 3 N–H and O–H groups in total. The van der Waals surface area contributed by atoms with Crippen LogP contribution in [0.15, 0.2) is 16.6 Å². The van der Waals surface area contributed by atoms with Crippen molar-refractivity contribution in [1.82, 2.24) is 0 Å². The smallest absolute Gasteiger partial charge is 0.228 e. The van der Waals surface area contributed by atoms with Crippen LogP contribution in [0.25, 0.3) is 0 Å². The van der Waals surface area contributed by atoms with Gasteiger partial charge in [0.25, 0.3) is 0 Å². The lowest BCUT2D eigenvalue weighted by Crippen LogP contribution is -2.29. The molecule has 3 nitrogen and oxygen atoms in total. The third kappa shape index (κ3) is 3.54. The van der Waals surface area contributed by atoms with Gasteiger partial charge in [0, 0.05) is 11.0 Å². The van der Waals surface area contributed by atoms with Crippen LogP contribution in [0.2, 0.25) is 0 Å². The van der Waals surface area contributed by atoms with Crippen LogP contribution in [-0.4, -0.2) is 12.5 Å². The maximum absolute atomic E-state index is 12.0. The molecule has 0 spiro atoms. The van der Waals surface area contributed by atoms with Crippen molar-refractivity contribution < 1.29 is 4.79 Å². The van der Waals surface area contributed by atoms with Gasteiger partial charge in [-0.25, -0.2) is 0 Å². The highest BCUT2D eigenvalue weighted by Gasteiger charge is 2.16. The number of rotatable bonds is 4. The van der Waals surface area contributed by atoms with Gasteiger partial charge in [-0.15, -0.1) is 0 Å². The van der Waals surface area contributed by atoms with E-state index in [1.54, 1.807) is 0 Å². The topological polar surface area (TPSA) is 55.1 Å². The van der Waals surface area contributed by atoms with E-state index in [1.807, 2.05) is 32.9 Å². The van der Waals surface area contributed by atoms with Crippen molar-refractivity contribution in [3.63, 3.8) is 0 Å². The largest absolute Gasteiger partial charge is 0.330 e. The second-order valence-electron chi connectivity index (χ2n) is 4.27. The van der Waals surface area contributed by atoms with E-state index in [4.69, 9.17) is 5.73 Å². The molecule has 4 heteroatoms. The lowest BCUT2D eigenvalue weighted by atomic mass is 10.1. The standard InChI is InChI=1S/C13H19BrN2O/c1-4-10(7-15)13(17)16-12-9(3)5-8(2)6-11(12)14/h5-6,10H,4,7,15H2,1-3H3,(H,16,17). The molecule has 1 amide bonds. The van der Waals surface area contributed by atoms with Crippen molar-refractivity contribution in [1.29, 1.82) is 0 Å². The summed E-state index contributed by atoms with van der Waals surface area (Å²) in [7, 11) is 0. The van der Waals surface area contributed by atoms with Gasteiger partial charge in [-0.3, -0.25) is 4.79 Å². The molecule has 0 bridgehead atoms. The predicted octanol–water partition coefficient (Wildman–Crippen LogP) is 2.99. The van der Waals surface area contributed by atoms with Gasteiger partial charge in [-0.1, -0.05) is 13.0 Å². The molecule has 17 heavy (non-hydrogen) atoms. The molecule has 1 aromatic carbocycles. The Morgan fingerprint density at radius 1 is 1.47 bits per heavy atom. The van der Waals surface area contributed by atoms with Gasteiger partial charge in [0.05, 0.1) is 11.6 Å². The van der Waals surface area contributed by atoms with Crippen LogP contribution < -0.4 is 11.1 Å². The molecule has 1 atom stereocenters. The van der Waals surface area contributed by atoms with Crippen LogP contribution in [0.1, 0.15) is 24.5 Å². The molecule has 1 aromatic rings. The number of nitrogens with one attached hydrogen (secondary N) is 1. The van der Waals surface area contributed by atoms with Crippen LogP contribution in [-0.2, 0) is 4.79 Å². The number of hydrogen-bond acceptors (Lipinski definition) is 2. The number of benzene rings is 1. The van der Waals surface area contributed by atoms with Crippen LogP contribution in [0, 0.1) is 19.8 Å². The number of carbonyl (C=O) groups excluding carboxylic acids is 1. The molecule has 94 valence electrons. The summed E-state index contributed by atoms with van der Waals surface area (Å²) in [5, 5.41) is 2.94. The highest BCUT2D eigenvalue weighted by Crippen LogP contribution is 2.28. The molecule has 0 aliphatic carbocycles. The Labute approximate surface area is 111 Å². The highest BCUT2D eigenvalue weighted by atomic mass is 79.9. The maximum Gasteiger partial charge on any atom is 0.228 e. The third-order valence-corrected chi connectivity index (χ3v) is 3.45. The van der Waals surface area contributed by atoms with Crippen molar-refractivity contribution in [3.8, 4) is 0 Å². The summed E-state index contributed by atoms with van der Waals surface area (Å²) < 4.78 is 0.912. The fraction of sp³-hybridized carbons (Fsp3) is 0.462. The van der Waals surface area contributed by atoms with Gasteiger partial charge < -0.3 is 11.1 Å². The van der Waals surface area contributed by atoms with Crippen molar-refractivity contribution in [3.05, 3.63) is 27.7 Å². The summed E-state index contributed by atoms with van der Waals surface area (Å²) in [4.78, 5) is 12.0. The highest BCUT2D eigenvalue weighted by molar-refractivity contribution is 9.10. The normalized spacial score (nSPS) is 12.3. The van der Waals surface area contributed by atoms with Crippen LogP contribution in [0.4, 0.5) is 5.69 Å². The molecular weight excluding hydrogens is 280 g/mol. The first-order valence-corrected chi connectivity index (χ1v) is 6.56. The predicted molar refractivity (Wildman–Crippen MR) is 75.1 cm³/mol. The summed E-state index contributed by atoms with van der Waals surface area (Å²) in [5.74, 6) is -0.134. The van der Waals surface area contributed by atoms with Crippen LogP contribution >= 0.6 is 15.9 Å². The Balaban J connectivity index is 2.92. The van der Waals surface area contributed by atoms with Crippen molar-refractivity contribution in [2.24, 2.45) is 11.7 Å². The monoisotopic (exact) mass is 298 g/mol. The first-order valence-electron chi connectivity index (χ1n) is 5.77. The zero-order valence-electron chi connectivity index (χ0n) is 10.5. The van der Waals surface area contributed by atoms with Crippen LogP contribution in [0.5, 0.6) is 0 Å². The maximum atomic E-state index is 12.0. The van der Waals surface area contributed by atoms with Gasteiger partial charge in [0.2, 0.25) is 5.91 Å². The second-order valence-corrected chi connectivity index (χ2v) is 5.12. The molecule has 0 fully saturated rings. The number of nitrogens with two attached hydrogens (primary N) is 1. The molecule has 1 unspecified atom stereocenters. The summed E-state index contributed by atoms with van der Waals surface area (Å²) >= 11 is 3.47. The molecule has 0 aliphatic rings. The molecule has 0 saturated carbocycles. The first-order chi connectivity index (χ1) is 7.99. The molecule has 0 heterocycles. The fourth-order valence-electron chi connectivity index (χ4n) is 1.76. The Morgan fingerprint density at radius 3 is 2.59 bits per heavy atom. The van der Waals surface area contributed by atoms with E-state index in [0.29, 0.717) is 6.54 Å². The SMILES string of the molecule is CCC(CN)C(=O)Nc1c(C)cc(C)cc1Br. The van der Waals surface area contributed by atoms with E-state index in [2.05, 4.69) is 21.2 Å². The first kappa shape index (κ1) is 14.2. The van der Waals surface area contributed by atoms with Crippen molar-refractivity contribution in [2.45, 2.75) is 27.2 Å². The average Bonchev–Trinajstić information content (AvgIpc) is 2.25. The zero-order chi connectivity index (χ0) is 13.0. The number of carbonyl (C=O) groups is 1. The summed E-state index contributed by atoms with van der Waals surface area (Å²) in [6.07, 6.45) is 0.755. The van der Waals surface area contributed by atoms with Gasteiger partial charge >= 0.3 is 0 Å². The molecule has 0 radical (unpaired) electrons. The van der Waals surface area contributed by atoms with E-state index >= 15 is 0 Å². The summed E-state index contributed by atoms with van der Waals surface area (Å²) in [6, 6.07) is 4.04. The number of aryl methyl sites for hydroxylation is 2. The van der Waals surface area contributed by atoms with Crippen molar-refractivity contribution in [2.75, 3.05) is 11.9 Å². The number of anilines is 1. The minimum atomic E-state index is -0.123. The van der Waals surface area contributed by atoms with E-state index in [-0.39, 0.29) is 11.8 Å². The Bertz CT molecular complexity index is 391. The lowest BCUT2D eigenvalue weighted by molar-refractivity contribution is -0.119. The molecule has 1 rings (SSSR count). The lowest BCUT2D eigenvalue weighted by Gasteiger charge is -2.16. The third-order valence-electron chi connectivity index (χ3n) is 2.83. The summed E-state index contributed by atoms with van der Waals surface area (Å²) in [6.45, 7) is 6.36. The van der Waals surface area contributed by atoms with Gasteiger partial charge in [0.15, 0.2) is 0 Å². The Hall–Kier alpha value is -0.870. The molecule has 0 aromatic heterocycles. The minimum absolute atomic E-state index is 0.0114. The summed E-state index contributed by atoms with van der Waals surface area (Å²) in [5.41, 5.74) is 8.62. The minimum Gasteiger partial charge on any atom is -0.330 e. The fourth-order valence-corrected chi connectivity index (χ4v) is 2.53. The Morgan fingerprint density at radius 2 is 2.12 bits per heavy atom. The van der Waals surface area contributed by atoms with Crippen molar-refractivity contribution >= 4 is 27.5 Å². The van der Waals surface area contributed by atoms with E-state index in [0.717, 1.165) is 22.1 Å². The zero-order valence-corrected chi connectivity index (χ0v) is 12.1. The number of hydrogen-bond donors (Lipinski definition) is 2.